The van der Waals surface area contributed by atoms with Gasteiger partial charge in [0.25, 0.3) is 5.56 Å². The van der Waals surface area contributed by atoms with Crippen molar-refractivity contribution in [2.24, 2.45) is 7.05 Å². The zero-order valence-electron chi connectivity index (χ0n) is 18.7. The molecule has 4 aromatic rings. The van der Waals surface area contributed by atoms with Crippen LogP contribution in [0.3, 0.4) is 0 Å². The van der Waals surface area contributed by atoms with Crippen LogP contribution < -0.4 is 16.6 Å². The van der Waals surface area contributed by atoms with Gasteiger partial charge in [-0.25, -0.2) is 9.36 Å². The van der Waals surface area contributed by atoms with Crippen molar-refractivity contribution in [1.82, 2.24) is 13.7 Å². The van der Waals surface area contributed by atoms with Crippen molar-refractivity contribution in [3.8, 4) is 5.69 Å². The van der Waals surface area contributed by atoms with E-state index in [2.05, 4.69) is 12.2 Å². The summed E-state index contributed by atoms with van der Waals surface area (Å²) in [5.41, 5.74) is 3.93. The molecule has 0 aliphatic carbocycles. The monoisotopic (exact) mass is 430 g/mol. The fourth-order valence-electron chi connectivity index (χ4n) is 3.90. The lowest BCUT2D eigenvalue weighted by Crippen LogP contribution is -2.41. The largest absolute Gasteiger partial charge is 0.342 e. The molecule has 0 bridgehead atoms. The van der Waals surface area contributed by atoms with Gasteiger partial charge in [0.2, 0.25) is 5.91 Å². The summed E-state index contributed by atoms with van der Waals surface area (Å²) in [7, 11) is 1.78. The van der Waals surface area contributed by atoms with Crippen LogP contribution in [0.4, 0.5) is 5.69 Å². The van der Waals surface area contributed by atoms with Crippen molar-refractivity contribution in [2.75, 3.05) is 5.32 Å². The Morgan fingerprint density at radius 2 is 1.72 bits per heavy atom. The van der Waals surface area contributed by atoms with E-state index in [1.54, 1.807) is 35.9 Å². The summed E-state index contributed by atoms with van der Waals surface area (Å²) >= 11 is 0. The van der Waals surface area contributed by atoms with Gasteiger partial charge in [-0.1, -0.05) is 31.2 Å². The lowest BCUT2D eigenvalue weighted by atomic mass is 10.1. The zero-order chi connectivity index (χ0) is 23.0. The zero-order valence-corrected chi connectivity index (χ0v) is 18.7. The molecule has 32 heavy (non-hydrogen) atoms. The summed E-state index contributed by atoms with van der Waals surface area (Å²) in [6.45, 7) is 5.62. The van der Waals surface area contributed by atoms with Gasteiger partial charge in [0, 0.05) is 18.4 Å². The normalized spacial score (nSPS) is 11.1. The Bertz CT molecular complexity index is 1440. The highest BCUT2D eigenvalue weighted by atomic mass is 16.2. The second-order valence-electron chi connectivity index (χ2n) is 8.03. The average molecular weight is 431 g/mol. The van der Waals surface area contributed by atoms with Gasteiger partial charge in [-0.2, -0.15) is 0 Å². The molecule has 0 radical (unpaired) electrons. The van der Waals surface area contributed by atoms with E-state index in [0.29, 0.717) is 22.4 Å². The molecule has 0 spiro atoms. The number of nitrogens with one attached hydrogen (secondary N) is 1. The molecule has 0 saturated heterocycles. The minimum Gasteiger partial charge on any atom is -0.342 e. The van der Waals surface area contributed by atoms with Crippen molar-refractivity contribution < 1.29 is 4.79 Å². The van der Waals surface area contributed by atoms with Gasteiger partial charge in [-0.05, 0) is 61.7 Å². The second-order valence-corrected chi connectivity index (χ2v) is 8.03. The van der Waals surface area contributed by atoms with E-state index in [9.17, 15) is 14.4 Å². The minimum absolute atomic E-state index is 0.208. The summed E-state index contributed by atoms with van der Waals surface area (Å²) in [5.74, 6) is -0.339. The highest BCUT2D eigenvalue weighted by molar-refractivity contribution is 5.91. The molecule has 0 saturated carbocycles. The summed E-state index contributed by atoms with van der Waals surface area (Å²) < 4.78 is 4.25. The number of hydrogen-bond donors (Lipinski definition) is 1. The molecule has 1 N–H and O–H groups in total. The maximum atomic E-state index is 13.4. The Morgan fingerprint density at radius 3 is 2.38 bits per heavy atom. The van der Waals surface area contributed by atoms with Crippen molar-refractivity contribution >= 4 is 22.6 Å². The SMILES string of the molecule is CCc1ccc(NC(=O)Cn2c(=O)n(-c3cccc(C)c3)c(=O)c3c2cc(C)n3C)cc1. The lowest BCUT2D eigenvalue weighted by Gasteiger charge is -2.13. The molecule has 1 amide bonds. The third-order valence-electron chi connectivity index (χ3n) is 5.78. The molecule has 2 aromatic heterocycles. The number of carbonyl (C=O) groups is 1. The molecule has 7 heteroatoms. The van der Waals surface area contributed by atoms with Crippen LogP contribution in [0.5, 0.6) is 0 Å². The van der Waals surface area contributed by atoms with Gasteiger partial charge in [0.05, 0.1) is 11.2 Å². The number of carbonyl (C=O) groups excluding carboxylic acids is 1. The van der Waals surface area contributed by atoms with Gasteiger partial charge in [0.1, 0.15) is 12.1 Å². The van der Waals surface area contributed by atoms with E-state index in [4.69, 9.17) is 0 Å². The van der Waals surface area contributed by atoms with E-state index >= 15 is 0 Å². The highest BCUT2D eigenvalue weighted by Crippen LogP contribution is 2.16. The molecule has 164 valence electrons. The molecular weight excluding hydrogens is 404 g/mol. The number of aryl methyl sites for hydroxylation is 4. The number of rotatable bonds is 5. The summed E-state index contributed by atoms with van der Waals surface area (Å²) in [4.78, 5) is 39.6. The van der Waals surface area contributed by atoms with Crippen LogP contribution in [-0.2, 0) is 24.8 Å². The van der Waals surface area contributed by atoms with Crippen LogP contribution in [0, 0.1) is 13.8 Å². The lowest BCUT2D eigenvalue weighted by molar-refractivity contribution is -0.116. The predicted octanol–water partition coefficient (Wildman–Crippen LogP) is 3.31. The molecule has 7 nitrogen and oxygen atoms in total. The van der Waals surface area contributed by atoms with E-state index in [1.165, 1.54) is 10.1 Å². The van der Waals surface area contributed by atoms with Crippen molar-refractivity contribution in [3.05, 3.63) is 92.3 Å². The first-order chi connectivity index (χ1) is 15.3. The molecule has 0 aliphatic rings. The fourth-order valence-corrected chi connectivity index (χ4v) is 3.90. The summed E-state index contributed by atoms with van der Waals surface area (Å²) in [6.07, 6.45) is 0.912. The topological polar surface area (TPSA) is 78.0 Å². The van der Waals surface area contributed by atoms with Crippen LogP contribution in [0.25, 0.3) is 16.7 Å². The third-order valence-corrected chi connectivity index (χ3v) is 5.78. The second kappa shape index (κ2) is 8.34. The standard InChI is InChI=1S/C25H26N4O3/c1-5-18-9-11-19(12-10-18)26-22(30)15-28-21-14-17(3)27(4)23(21)24(31)29(25(28)32)20-8-6-7-16(2)13-20/h6-14H,5,15H2,1-4H3,(H,26,30). The van der Waals surface area contributed by atoms with Gasteiger partial charge < -0.3 is 9.88 Å². The van der Waals surface area contributed by atoms with E-state index in [0.717, 1.165) is 22.2 Å². The molecule has 4 rings (SSSR count). The number of hydrogen-bond acceptors (Lipinski definition) is 3. The third kappa shape index (κ3) is 3.77. The minimum atomic E-state index is -0.546. The molecule has 2 aromatic carbocycles. The molecule has 0 aliphatic heterocycles. The first-order valence-electron chi connectivity index (χ1n) is 10.6. The van der Waals surface area contributed by atoms with E-state index in [-0.39, 0.29) is 12.5 Å². The average Bonchev–Trinajstić information content (AvgIpc) is 3.06. The molecule has 0 unspecified atom stereocenters. The Balaban J connectivity index is 1.83. The van der Waals surface area contributed by atoms with Gasteiger partial charge in [-0.3, -0.25) is 14.2 Å². The first kappa shape index (κ1) is 21.4. The molecule has 0 atom stereocenters. The number of aromatic nitrogens is 3. The number of nitrogens with zero attached hydrogens (tertiary/aromatic N) is 3. The van der Waals surface area contributed by atoms with Crippen LogP contribution >= 0.6 is 0 Å². The number of amides is 1. The summed E-state index contributed by atoms with van der Waals surface area (Å²) in [6, 6.07) is 16.6. The van der Waals surface area contributed by atoms with Crippen LogP contribution in [0.15, 0.2) is 64.2 Å². The van der Waals surface area contributed by atoms with Gasteiger partial charge >= 0.3 is 5.69 Å². The number of benzene rings is 2. The van der Waals surface area contributed by atoms with Gasteiger partial charge in [-0.15, -0.1) is 0 Å². The van der Waals surface area contributed by atoms with Crippen LogP contribution in [0.1, 0.15) is 23.7 Å². The van der Waals surface area contributed by atoms with Gasteiger partial charge in [0.15, 0.2) is 0 Å². The maximum Gasteiger partial charge on any atom is 0.336 e. The number of anilines is 1. The van der Waals surface area contributed by atoms with Crippen LogP contribution in [-0.4, -0.2) is 19.6 Å². The molecule has 2 heterocycles. The quantitative estimate of drug-likeness (QED) is 0.528. The molecule has 0 fully saturated rings. The van der Waals surface area contributed by atoms with Crippen LogP contribution in [0.2, 0.25) is 0 Å². The Morgan fingerprint density at radius 1 is 1.00 bits per heavy atom. The first-order valence-corrected chi connectivity index (χ1v) is 10.6. The Labute approximate surface area is 185 Å². The van der Waals surface area contributed by atoms with E-state index < -0.39 is 11.2 Å². The highest BCUT2D eigenvalue weighted by Gasteiger charge is 2.20. The van der Waals surface area contributed by atoms with Crippen molar-refractivity contribution in [3.63, 3.8) is 0 Å². The maximum absolute atomic E-state index is 13.4. The smallest absolute Gasteiger partial charge is 0.336 e. The predicted molar refractivity (Wildman–Crippen MR) is 127 cm³/mol. The number of fused-ring (bicyclic) bond motifs is 1. The van der Waals surface area contributed by atoms with Crippen molar-refractivity contribution in [2.45, 2.75) is 33.7 Å². The molecular formula is C25H26N4O3. The van der Waals surface area contributed by atoms with E-state index in [1.807, 2.05) is 44.2 Å². The Kier molecular flexibility index (Phi) is 5.57. The fraction of sp³-hybridized carbons (Fsp3) is 0.240. The van der Waals surface area contributed by atoms with Crippen molar-refractivity contribution in [1.29, 1.82) is 0 Å². The Hall–Kier alpha value is -3.87. The summed E-state index contributed by atoms with van der Waals surface area (Å²) in [5, 5.41) is 2.85.